The number of ether oxygens (including phenoxy) is 1. The van der Waals surface area contributed by atoms with E-state index in [0.717, 1.165) is 16.0 Å². The summed E-state index contributed by atoms with van der Waals surface area (Å²) in [5, 5.41) is 9.58. The standard InChI is InChI=1S/C26H21ClF3N5O/c1-16-10-21(11-19(13-31)25(16)36-9-8-27)35(15-26(28,29)30)20-5-2-17(3-6-20)18-4-7-22-23(12-18)33-14-24(32)34-22/h2-7,10-12,14H,8-9,15H2,1H3,(H2,32,34). The highest BCUT2D eigenvalue weighted by molar-refractivity contribution is 6.18. The van der Waals surface area contributed by atoms with Gasteiger partial charge in [0.05, 0.1) is 28.7 Å². The zero-order valence-corrected chi connectivity index (χ0v) is 19.9. The van der Waals surface area contributed by atoms with Crippen molar-refractivity contribution < 1.29 is 17.9 Å². The number of nitriles is 1. The van der Waals surface area contributed by atoms with Crippen LogP contribution >= 0.6 is 11.6 Å². The van der Waals surface area contributed by atoms with Crippen LogP contribution in [0, 0.1) is 18.3 Å². The zero-order valence-electron chi connectivity index (χ0n) is 19.2. The van der Waals surface area contributed by atoms with Crippen LogP contribution in [-0.4, -0.2) is 35.2 Å². The highest BCUT2D eigenvalue weighted by Gasteiger charge is 2.32. The van der Waals surface area contributed by atoms with Gasteiger partial charge in [-0.25, -0.2) is 4.98 Å². The number of halogens is 4. The van der Waals surface area contributed by atoms with Crippen molar-refractivity contribution >= 4 is 39.8 Å². The van der Waals surface area contributed by atoms with E-state index in [1.807, 2.05) is 18.2 Å². The second kappa shape index (κ2) is 10.3. The topological polar surface area (TPSA) is 88.1 Å². The second-order valence-corrected chi connectivity index (χ2v) is 8.41. The van der Waals surface area contributed by atoms with E-state index in [9.17, 15) is 18.4 Å². The molecule has 36 heavy (non-hydrogen) atoms. The Hall–Kier alpha value is -4.03. The number of hydrogen-bond acceptors (Lipinski definition) is 6. The Kier molecular flexibility index (Phi) is 7.17. The monoisotopic (exact) mass is 511 g/mol. The van der Waals surface area contributed by atoms with E-state index in [0.29, 0.717) is 33.9 Å². The summed E-state index contributed by atoms with van der Waals surface area (Å²) in [6, 6.07) is 17.1. The lowest BCUT2D eigenvalue weighted by Gasteiger charge is -2.27. The highest BCUT2D eigenvalue weighted by Crippen LogP contribution is 2.36. The molecule has 0 saturated heterocycles. The van der Waals surface area contributed by atoms with Crippen molar-refractivity contribution in [1.29, 1.82) is 5.26 Å². The molecular weight excluding hydrogens is 491 g/mol. The molecule has 0 spiro atoms. The van der Waals surface area contributed by atoms with Crippen molar-refractivity contribution in [2.75, 3.05) is 29.7 Å². The number of anilines is 3. The van der Waals surface area contributed by atoms with Crippen molar-refractivity contribution in [3.8, 4) is 22.9 Å². The first kappa shape index (κ1) is 25.1. The Balaban J connectivity index is 1.71. The average molecular weight is 512 g/mol. The number of alkyl halides is 4. The maximum absolute atomic E-state index is 13.6. The molecule has 10 heteroatoms. The molecule has 1 aromatic heterocycles. The quantitative estimate of drug-likeness (QED) is 0.290. The molecule has 1 heterocycles. The van der Waals surface area contributed by atoms with E-state index >= 15 is 0 Å². The van der Waals surface area contributed by atoms with E-state index in [1.54, 1.807) is 43.3 Å². The third kappa shape index (κ3) is 5.61. The predicted molar refractivity (Wildman–Crippen MR) is 135 cm³/mol. The Bertz CT molecular complexity index is 1430. The van der Waals surface area contributed by atoms with Crippen LogP contribution in [0.15, 0.2) is 60.8 Å². The maximum atomic E-state index is 13.6. The molecule has 0 amide bonds. The van der Waals surface area contributed by atoms with E-state index in [2.05, 4.69) is 9.97 Å². The minimum atomic E-state index is -4.48. The number of rotatable bonds is 7. The number of nitrogens with two attached hydrogens (primary N) is 1. The van der Waals surface area contributed by atoms with Gasteiger partial charge in [-0.05, 0) is 60.0 Å². The van der Waals surface area contributed by atoms with E-state index < -0.39 is 12.7 Å². The van der Waals surface area contributed by atoms with Crippen LogP contribution in [0.25, 0.3) is 22.2 Å². The van der Waals surface area contributed by atoms with Crippen molar-refractivity contribution in [3.63, 3.8) is 0 Å². The molecule has 0 aliphatic heterocycles. The van der Waals surface area contributed by atoms with Gasteiger partial charge in [-0.2, -0.15) is 18.4 Å². The van der Waals surface area contributed by atoms with Gasteiger partial charge < -0.3 is 15.4 Å². The summed E-state index contributed by atoms with van der Waals surface area (Å²) in [5.41, 5.74) is 9.83. The number of benzene rings is 3. The zero-order chi connectivity index (χ0) is 25.9. The van der Waals surface area contributed by atoms with Crippen molar-refractivity contribution in [3.05, 3.63) is 71.9 Å². The van der Waals surface area contributed by atoms with Gasteiger partial charge in [-0.3, -0.25) is 4.98 Å². The van der Waals surface area contributed by atoms with Crippen LogP contribution in [-0.2, 0) is 0 Å². The summed E-state index contributed by atoms with van der Waals surface area (Å²) >= 11 is 5.67. The molecule has 0 fully saturated rings. The Labute approximate surface area is 210 Å². The molecule has 4 aromatic rings. The number of fused-ring (bicyclic) bond motifs is 1. The fourth-order valence-corrected chi connectivity index (χ4v) is 3.95. The minimum absolute atomic E-state index is 0.136. The van der Waals surface area contributed by atoms with Gasteiger partial charge in [0.1, 0.15) is 30.8 Å². The Morgan fingerprint density at radius 1 is 1.03 bits per heavy atom. The molecule has 0 aliphatic carbocycles. The van der Waals surface area contributed by atoms with Gasteiger partial charge in [0.2, 0.25) is 0 Å². The first-order chi connectivity index (χ1) is 17.2. The van der Waals surface area contributed by atoms with Crippen molar-refractivity contribution in [1.82, 2.24) is 9.97 Å². The van der Waals surface area contributed by atoms with Crippen molar-refractivity contribution in [2.45, 2.75) is 13.1 Å². The van der Waals surface area contributed by atoms with Crippen LogP contribution in [0.4, 0.5) is 30.4 Å². The molecule has 3 aromatic carbocycles. The number of aromatic nitrogens is 2. The summed E-state index contributed by atoms with van der Waals surface area (Å²) in [6.45, 7) is 0.627. The van der Waals surface area contributed by atoms with E-state index in [4.69, 9.17) is 22.1 Å². The normalized spacial score (nSPS) is 11.3. The van der Waals surface area contributed by atoms with Gasteiger partial charge in [0.15, 0.2) is 0 Å². The van der Waals surface area contributed by atoms with Crippen LogP contribution < -0.4 is 15.4 Å². The summed E-state index contributed by atoms with van der Waals surface area (Å²) in [4.78, 5) is 9.62. The van der Waals surface area contributed by atoms with Crippen LogP contribution in [0.3, 0.4) is 0 Å². The Morgan fingerprint density at radius 3 is 2.42 bits per heavy atom. The predicted octanol–water partition coefficient (Wildman–Crippen LogP) is 6.38. The van der Waals surface area contributed by atoms with Crippen LogP contribution in [0.5, 0.6) is 5.75 Å². The number of aryl methyl sites for hydroxylation is 1. The first-order valence-electron chi connectivity index (χ1n) is 10.9. The van der Waals surface area contributed by atoms with Crippen molar-refractivity contribution in [2.24, 2.45) is 0 Å². The molecule has 4 rings (SSSR count). The smallest absolute Gasteiger partial charge is 0.406 e. The number of nitrogens with zero attached hydrogens (tertiary/aromatic N) is 4. The third-order valence-corrected chi connectivity index (χ3v) is 5.58. The summed E-state index contributed by atoms with van der Waals surface area (Å²) in [6.07, 6.45) is -3.01. The van der Waals surface area contributed by atoms with Gasteiger partial charge in [0, 0.05) is 11.4 Å². The minimum Gasteiger partial charge on any atom is -0.491 e. The fraction of sp³-hybridized carbons (Fsp3) is 0.192. The molecule has 0 bridgehead atoms. The molecule has 0 unspecified atom stereocenters. The average Bonchev–Trinajstić information content (AvgIpc) is 2.85. The Morgan fingerprint density at radius 2 is 1.75 bits per heavy atom. The molecular formula is C26H21ClF3N5O. The molecule has 0 aliphatic rings. The lowest BCUT2D eigenvalue weighted by atomic mass is 10.0. The van der Waals surface area contributed by atoms with Gasteiger partial charge in [0.25, 0.3) is 0 Å². The van der Waals surface area contributed by atoms with Gasteiger partial charge >= 0.3 is 6.18 Å². The third-order valence-electron chi connectivity index (χ3n) is 5.43. The second-order valence-electron chi connectivity index (χ2n) is 8.04. The summed E-state index contributed by atoms with van der Waals surface area (Å²) in [5.74, 6) is 0.847. The molecule has 184 valence electrons. The lowest BCUT2D eigenvalue weighted by Crippen LogP contribution is -2.30. The largest absolute Gasteiger partial charge is 0.491 e. The number of hydrogen-bond donors (Lipinski definition) is 1. The molecule has 2 N–H and O–H groups in total. The van der Waals surface area contributed by atoms with Gasteiger partial charge in [-0.15, -0.1) is 11.6 Å². The maximum Gasteiger partial charge on any atom is 0.406 e. The highest BCUT2D eigenvalue weighted by atomic mass is 35.5. The molecule has 6 nitrogen and oxygen atoms in total. The number of nitrogen functional groups attached to an aromatic ring is 1. The van der Waals surface area contributed by atoms with Crippen LogP contribution in [0.2, 0.25) is 0 Å². The SMILES string of the molecule is Cc1cc(N(CC(F)(F)F)c2ccc(-c3ccc4nc(N)cnc4c3)cc2)cc(C#N)c1OCCCl. The van der Waals surface area contributed by atoms with E-state index in [1.165, 1.54) is 12.3 Å². The molecule has 0 radical (unpaired) electrons. The fourth-order valence-electron chi connectivity index (χ4n) is 3.88. The van der Waals surface area contributed by atoms with Crippen LogP contribution in [0.1, 0.15) is 11.1 Å². The van der Waals surface area contributed by atoms with E-state index in [-0.39, 0.29) is 23.7 Å². The lowest BCUT2D eigenvalue weighted by molar-refractivity contribution is -0.118. The van der Waals surface area contributed by atoms with Gasteiger partial charge in [-0.1, -0.05) is 18.2 Å². The summed E-state index contributed by atoms with van der Waals surface area (Å²) in [7, 11) is 0. The summed E-state index contributed by atoms with van der Waals surface area (Å²) < 4.78 is 46.2. The molecule has 0 saturated carbocycles. The first-order valence-corrected chi connectivity index (χ1v) is 11.4. The molecule has 0 atom stereocenters.